The van der Waals surface area contributed by atoms with Crippen molar-refractivity contribution in [3.8, 4) is 0 Å². The molecule has 0 saturated heterocycles. The maximum absolute atomic E-state index is 4.16. The van der Waals surface area contributed by atoms with Crippen molar-refractivity contribution in [2.75, 3.05) is 6.26 Å². The summed E-state index contributed by atoms with van der Waals surface area (Å²) in [7, 11) is 0. The van der Waals surface area contributed by atoms with Crippen molar-refractivity contribution in [3.05, 3.63) is 12.8 Å². The second kappa shape index (κ2) is 3.81. The van der Waals surface area contributed by atoms with E-state index in [1.807, 2.05) is 6.26 Å². The van der Waals surface area contributed by atoms with Gasteiger partial charge in [0.05, 0.1) is 5.04 Å². The fourth-order valence-electron chi connectivity index (χ4n) is 0.635. The highest BCUT2D eigenvalue weighted by molar-refractivity contribution is 8.13. The van der Waals surface area contributed by atoms with Gasteiger partial charge in [0.1, 0.15) is 0 Å². The normalized spacial score (nSPS) is 13.4. The first-order valence-corrected chi connectivity index (χ1v) is 4.48. The molecular weight excluding hydrogens is 142 g/mol. The zero-order valence-electron chi connectivity index (χ0n) is 7.14. The van der Waals surface area contributed by atoms with E-state index >= 15 is 0 Å². The molecule has 0 fully saturated rings. The van der Waals surface area contributed by atoms with Crippen molar-refractivity contribution in [2.24, 2.45) is 10.4 Å². The Morgan fingerprint density at radius 3 is 2.10 bits per heavy atom. The molecule has 0 atom stereocenters. The number of rotatable bonds is 1. The van der Waals surface area contributed by atoms with E-state index in [4.69, 9.17) is 0 Å². The minimum Gasteiger partial charge on any atom is -0.255 e. The fourth-order valence-corrected chi connectivity index (χ4v) is 1.43. The van der Waals surface area contributed by atoms with Crippen molar-refractivity contribution in [1.29, 1.82) is 0 Å². The predicted octanol–water partition coefficient (Wildman–Crippen LogP) is 2.94. The van der Waals surface area contributed by atoms with E-state index in [-0.39, 0.29) is 5.41 Å². The first kappa shape index (κ1) is 9.76. The molecule has 58 valence electrons. The van der Waals surface area contributed by atoms with Gasteiger partial charge < -0.3 is 0 Å². The first-order valence-electron chi connectivity index (χ1n) is 3.25. The molecule has 0 unspecified atom stereocenters. The summed E-state index contributed by atoms with van der Waals surface area (Å²) in [5, 5.41) is 1.13. The molecule has 0 aliphatic carbocycles. The van der Waals surface area contributed by atoms with Crippen molar-refractivity contribution in [2.45, 2.75) is 20.8 Å². The van der Waals surface area contributed by atoms with Crippen molar-refractivity contribution in [3.63, 3.8) is 0 Å². The van der Waals surface area contributed by atoms with Crippen LogP contribution in [0.15, 0.2) is 17.8 Å². The Morgan fingerprint density at radius 1 is 1.50 bits per heavy atom. The summed E-state index contributed by atoms with van der Waals surface area (Å²) >= 11 is 1.68. The molecule has 0 aromatic rings. The molecule has 0 radical (unpaired) electrons. The quantitative estimate of drug-likeness (QED) is 0.421. The molecule has 2 heteroatoms. The van der Waals surface area contributed by atoms with Crippen LogP contribution >= 0.6 is 11.8 Å². The second-order valence-corrected chi connectivity index (χ2v) is 3.87. The molecule has 0 heterocycles. The summed E-state index contributed by atoms with van der Waals surface area (Å²) in [5.74, 6) is 0. The topological polar surface area (TPSA) is 12.4 Å². The fraction of sp³-hybridized carbons (Fsp3) is 0.625. The Balaban J connectivity index is 4.35. The number of hydrogen-bond donors (Lipinski definition) is 0. The van der Waals surface area contributed by atoms with Gasteiger partial charge in [-0.05, 0) is 6.26 Å². The smallest absolute Gasteiger partial charge is 0.0781 e. The summed E-state index contributed by atoms with van der Waals surface area (Å²) in [5.41, 5.74) is 0.160. The summed E-state index contributed by atoms with van der Waals surface area (Å²) < 4.78 is 0. The van der Waals surface area contributed by atoms with E-state index in [2.05, 4.69) is 32.3 Å². The lowest BCUT2D eigenvalue weighted by Crippen LogP contribution is -2.15. The average Bonchev–Trinajstić information content (AvgIpc) is 1.80. The molecule has 10 heavy (non-hydrogen) atoms. The Labute approximate surface area is 67.6 Å². The van der Waals surface area contributed by atoms with E-state index in [9.17, 15) is 0 Å². The zero-order chi connectivity index (χ0) is 8.20. The predicted molar refractivity (Wildman–Crippen MR) is 50.6 cm³/mol. The molecule has 0 aromatic heterocycles. The standard InChI is InChI=1S/C8H15NS/c1-6-9-7(10-5)8(2,3)4/h6H,1H2,2-5H3/b9-7-. The average molecular weight is 157 g/mol. The minimum absolute atomic E-state index is 0.160. The molecule has 0 aliphatic rings. The van der Waals surface area contributed by atoms with Crippen molar-refractivity contribution in [1.82, 2.24) is 0 Å². The summed E-state index contributed by atoms with van der Waals surface area (Å²) in [6.45, 7) is 10.00. The van der Waals surface area contributed by atoms with Crippen LogP contribution in [0.2, 0.25) is 0 Å². The summed E-state index contributed by atoms with van der Waals surface area (Å²) in [6, 6.07) is 0. The second-order valence-electron chi connectivity index (χ2n) is 3.07. The molecule has 0 bridgehead atoms. The molecule has 0 aliphatic heterocycles. The molecule has 0 spiro atoms. The van der Waals surface area contributed by atoms with Gasteiger partial charge in [-0.1, -0.05) is 27.4 Å². The molecule has 1 nitrogen and oxygen atoms in total. The zero-order valence-corrected chi connectivity index (χ0v) is 7.96. The van der Waals surface area contributed by atoms with Gasteiger partial charge in [0, 0.05) is 11.6 Å². The van der Waals surface area contributed by atoms with Crippen LogP contribution in [-0.4, -0.2) is 11.3 Å². The van der Waals surface area contributed by atoms with Crippen LogP contribution < -0.4 is 0 Å². The minimum atomic E-state index is 0.160. The summed E-state index contributed by atoms with van der Waals surface area (Å²) in [6.07, 6.45) is 3.63. The third kappa shape index (κ3) is 3.06. The first-order chi connectivity index (χ1) is 4.52. The van der Waals surface area contributed by atoms with E-state index in [0.29, 0.717) is 0 Å². The SMILES string of the molecule is C=C/N=C(\SC)C(C)(C)C. The monoisotopic (exact) mass is 157 g/mol. The van der Waals surface area contributed by atoms with Crippen LogP contribution in [0.25, 0.3) is 0 Å². The van der Waals surface area contributed by atoms with Gasteiger partial charge in [-0.3, -0.25) is 4.99 Å². The molecule has 0 rings (SSSR count). The van der Waals surface area contributed by atoms with Crippen LogP contribution in [0, 0.1) is 5.41 Å². The van der Waals surface area contributed by atoms with E-state index < -0.39 is 0 Å². The van der Waals surface area contributed by atoms with Crippen molar-refractivity contribution >= 4 is 16.8 Å². The molecule has 0 saturated carbocycles. The van der Waals surface area contributed by atoms with Gasteiger partial charge in [-0.15, -0.1) is 11.8 Å². The Morgan fingerprint density at radius 2 is 2.00 bits per heavy atom. The number of hydrogen-bond acceptors (Lipinski definition) is 2. The van der Waals surface area contributed by atoms with Crippen LogP contribution in [0.4, 0.5) is 0 Å². The van der Waals surface area contributed by atoms with E-state index in [1.54, 1.807) is 18.0 Å². The lowest BCUT2D eigenvalue weighted by Gasteiger charge is -2.18. The van der Waals surface area contributed by atoms with Crippen LogP contribution in [0.1, 0.15) is 20.8 Å². The van der Waals surface area contributed by atoms with E-state index in [1.165, 1.54) is 0 Å². The number of aliphatic imine (C=N–C) groups is 1. The summed E-state index contributed by atoms with van der Waals surface area (Å²) in [4.78, 5) is 4.16. The molecule has 0 N–H and O–H groups in total. The van der Waals surface area contributed by atoms with Gasteiger partial charge in [0.2, 0.25) is 0 Å². The lowest BCUT2D eigenvalue weighted by atomic mass is 9.99. The Hall–Kier alpha value is -0.240. The van der Waals surface area contributed by atoms with Gasteiger partial charge in [-0.2, -0.15) is 0 Å². The highest BCUT2D eigenvalue weighted by Gasteiger charge is 2.16. The van der Waals surface area contributed by atoms with Gasteiger partial charge in [0.25, 0.3) is 0 Å². The highest BCUT2D eigenvalue weighted by atomic mass is 32.2. The maximum atomic E-state index is 4.16. The van der Waals surface area contributed by atoms with Crippen LogP contribution in [0.3, 0.4) is 0 Å². The largest absolute Gasteiger partial charge is 0.255 e. The Kier molecular flexibility index (Phi) is 3.72. The molecular formula is C8H15NS. The van der Waals surface area contributed by atoms with Crippen LogP contribution in [-0.2, 0) is 0 Å². The third-order valence-corrected chi connectivity index (χ3v) is 2.15. The maximum Gasteiger partial charge on any atom is 0.0781 e. The van der Waals surface area contributed by atoms with E-state index in [0.717, 1.165) is 5.04 Å². The number of thioether (sulfide) groups is 1. The number of nitrogens with zero attached hydrogens (tertiary/aromatic N) is 1. The molecule has 0 amide bonds. The lowest BCUT2D eigenvalue weighted by molar-refractivity contribution is 0.602. The Bertz CT molecular complexity index is 142. The third-order valence-electron chi connectivity index (χ3n) is 1.04. The van der Waals surface area contributed by atoms with Gasteiger partial charge in [0.15, 0.2) is 0 Å². The van der Waals surface area contributed by atoms with Gasteiger partial charge in [-0.25, -0.2) is 0 Å². The highest BCUT2D eigenvalue weighted by Crippen LogP contribution is 2.22. The van der Waals surface area contributed by atoms with Crippen molar-refractivity contribution < 1.29 is 0 Å². The van der Waals surface area contributed by atoms with Gasteiger partial charge >= 0.3 is 0 Å². The molecule has 0 aromatic carbocycles. The van der Waals surface area contributed by atoms with Crippen LogP contribution in [0.5, 0.6) is 0 Å².